The molecular weight excluding hydrogens is 402 g/mol. The summed E-state index contributed by atoms with van der Waals surface area (Å²) in [6.07, 6.45) is 3.21. The van der Waals surface area contributed by atoms with Gasteiger partial charge in [-0.05, 0) is 54.7 Å². The maximum absolute atomic E-state index is 11.5. The van der Waals surface area contributed by atoms with Gasteiger partial charge in [-0.25, -0.2) is 5.48 Å². The van der Waals surface area contributed by atoms with Gasteiger partial charge in [0.2, 0.25) is 0 Å². The fraction of sp³-hybridized carbons (Fsp3) is 0.423. The molecule has 1 amide bonds. The molecule has 1 saturated heterocycles. The molecule has 2 aliphatic heterocycles. The molecule has 4 rings (SSSR count). The first-order valence-electron chi connectivity index (χ1n) is 11.4. The number of rotatable bonds is 6. The molecule has 2 N–H and O–H groups in total. The summed E-state index contributed by atoms with van der Waals surface area (Å²) >= 11 is 0. The number of piperazine rings is 1. The molecule has 6 nitrogen and oxygen atoms in total. The number of hydrogen-bond donors (Lipinski definition) is 2. The zero-order valence-electron chi connectivity index (χ0n) is 19.0. The van der Waals surface area contributed by atoms with Crippen LogP contribution in [0.4, 0.5) is 0 Å². The van der Waals surface area contributed by atoms with E-state index in [-0.39, 0.29) is 0 Å². The highest BCUT2D eigenvalue weighted by Crippen LogP contribution is 2.27. The zero-order chi connectivity index (χ0) is 22.5. The maximum Gasteiger partial charge on any atom is 0.274 e. The lowest BCUT2D eigenvalue weighted by Gasteiger charge is -2.44. The summed E-state index contributed by atoms with van der Waals surface area (Å²) in [5.74, 6) is -0.483. The first-order chi connectivity index (χ1) is 15.5. The van der Waals surface area contributed by atoms with Crippen molar-refractivity contribution in [2.75, 3.05) is 26.3 Å². The largest absolute Gasteiger partial charge is 0.377 e. The fourth-order valence-corrected chi connectivity index (χ4v) is 4.93. The summed E-state index contributed by atoms with van der Waals surface area (Å²) in [4.78, 5) is 16.6. The molecule has 2 aliphatic rings. The number of nitrogens with zero attached hydrogens (tertiary/aromatic N) is 2. The van der Waals surface area contributed by atoms with Crippen molar-refractivity contribution < 1.29 is 14.7 Å². The molecule has 2 aromatic rings. The number of hydroxylamine groups is 1. The normalized spacial score (nSPS) is 22.4. The highest BCUT2D eigenvalue weighted by molar-refractivity contribution is 5.93. The Hall–Kier alpha value is -2.51. The highest BCUT2D eigenvalue weighted by atomic mass is 16.5. The van der Waals surface area contributed by atoms with E-state index in [1.807, 2.05) is 12.1 Å². The predicted octanol–water partition coefficient (Wildman–Crippen LogP) is 3.70. The van der Waals surface area contributed by atoms with Gasteiger partial charge in [0, 0.05) is 43.8 Å². The molecule has 2 heterocycles. The summed E-state index contributed by atoms with van der Waals surface area (Å²) in [5, 5.41) is 8.79. The Bertz CT molecular complexity index is 945. The number of carbonyl (C=O) groups excluding carboxylic acids is 1. The van der Waals surface area contributed by atoms with E-state index in [4.69, 9.17) is 9.94 Å². The minimum Gasteiger partial charge on any atom is -0.377 e. The van der Waals surface area contributed by atoms with E-state index < -0.39 is 5.91 Å². The van der Waals surface area contributed by atoms with Crippen molar-refractivity contribution in [3.05, 3.63) is 76.9 Å². The van der Waals surface area contributed by atoms with Gasteiger partial charge >= 0.3 is 0 Å². The van der Waals surface area contributed by atoms with E-state index >= 15 is 0 Å². The van der Waals surface area contributed by atoms with E-state index in [0.29, 0.717) is 24.3 Å². The fourth-order valence-electron chi connectivity index (χ4n) is 4.93. The summed E-state index contributed by atoms with van der Waals surface area (Å²) in [7, 11) is 0. The van der Waals surface area contributed by atoms with Crippen molar-refractivity contribution >= 4 is 11.5 Å². The summed E-state index contributed by atoms with van der Waals surface area (Å²) < 4.78 is 5.50. The number of amides is 1. The van der Waals surface area contributed by atoms with Gasteiger partial charge < -0.3 is 4.74 Å². The SMILES string of the molecule is C[C@@H]1CN(Cc2ccccc2C2=CCOCC2)C[C@H](C)N1Cc1ccc(C(=O)NO)cc1. The summed E-state index contributed by atoms with van der Waals surface area (Å²) in [6, 6.07) is 17.1. The molecule has 0 saturated carbocycles. The van der Waals surface area contributed by atoms with E-state index in [1.165, 1.54) is 22.3 Å². The summed E-state index contributed by atoms with van der Waals surface area (Å²) in [6.45, 7) is 9.95. The van der Waals surface area contributed by atoms with Crippen LogP contribution in [0.3, 0.4) is 0 Å². The van der Waals surface area contributed by atoms with Crippen LogP contribution in [-0.4, -0.2) is 59.3 Å². The Labute approximate surface area is 190 Å². The Morgan fingerprint density at radius 1 is 1.06 bits per heavy atom. The number of carbonyl (C=O) groups is 1. The second-order valence-electron chi connectivity index (χ2n) is 8.91. The Morgan fingerprint density at radius 2 is 1.78 bits per heavy atom. The molecule has 170 valence electrons. The topological polar surface area (TPSA) is 65.0 Å². The van der Waals surface area contributed by atoms with E-state index in [9.17, 15) is 4.79 Å². The van der Waals surface area contributed by atoms with Gasteiger partial charge in [0.1, 0.15) is 0 Å². The molecule has 0 spiro atoms. The van der Waals surface area contributed by atoms with E-state index in [1.54, 1.807) is 17.6 Å². The molecule has 0 aliphatic carbocycles. The average Bonchev–Trinajstić information content (AvgIpc) is 2.82. The molecule has 0 bridgehead atoms. The van der Waals surface area contributed by atoms with Crippen molar-refractivity contribution in [3.63, 3.8) is 0 Å². The lowest BCUT2D eigenvalue weighted by Crippen LogP contribution is -2.55. The third-order valence-electron chi connectivity index (χ3n) is 6.58. The van der Waals surface area contributed by atoms with E-state index in [2.05, 4.69) is 54.0 Å². The average molecular weight is 436 g/mol. The lowest BCUT2D eigenvalue weighted by molar-refractivity contribution is 0.0290. The molecule has 32 heavy (non-hydrogen) atoms. The van der Waals surface area contributed by atoms with Crippen molar-refractivity contribution in [2.45, 2.75) is 45.4 Å². The van der Waals surface area contributed by atoms with Crippen molar-refractivity contribution in [3.8, 4) is 0 Å². The van der Waals surface area contributed by atoms with Gasteiger partial charge in [-0.2, -0.15) is 0 Å². The molecule has 0 unspecified atom stereocenters. The number of ether oxygens (including phenoxy) is 1. The van der Waals surface area contributed by atoms with Gasteiger partial charge in [-0.3, -0.25) is 19.8 Å². The molecule has 2 atom stereocenters. The molecule has 0 radical (unpaired) electrons. The minimum atomic E-state index is -0.483. The van der Waals surface area contributed by atoms with Crippen molar-refractivity contribution in [1.82, 2.24) is 15.3 Å². The van der Waals surface area contributed by atoms with Gasteiger partial charge in [-0.1, -0.05) is 42.5 Å². The van der Waals surface area contributed by atoms with Crippen molar-refractivity contribution in [2.24, 2.45) is 0 Å². The lowest BCUT2D eigenvalue weighted by atomic mass is 9.95. The third-order valence-corrected chi connectivity index (χ3v) is 6.58. The molecule has 2 aromatic carbocycles. The highest BCUT2D eigenvalue weighted by Gasteiger charge is 2.29. The summed E-state index contributed by atoms with van der Waals surface area (Å²) in [5.41, 5.74) is 7.48. The smallest absolute Gasteiger partial charge is 0.274 e. The van der Waals surface area contributed by atoms with Gasteiger partial charge in [-0.15, -0.1) is 0 Å². The van der Waals surface area contributed by atoms with Gasteiger partial charge in [0.25, 0.3) is 5.91 Å². The number of hydrogen-bond acceptors (Lipinski definition) is 5. The minimum absolute atomic E-state index is 0.425. The van der Waals surface area contributed by atoms with Crippen LogP contribution in [0.5, 0.6) is 0 Å². The van der Waals surface area contributed by atoms with Crippen LogP contribution in [0.25, 0.3) is 5.57 Å². The molecular formula is C26H33N3O3. The monoisotopic (exact) mass is 435 g/mol. The second kappa shape index (κ2) is 10.4. The van der Waals surface area contributed by atoms with Crippen LogP contribution in [0, 0.1) is 0 Å². The van der Waals surface area contributed by atoms with Gasteiger partial charge in [0.15, 0.2) is 0 Å². The second-order valence-corrected chi connectivity index (χ2v) is 8.91. The zero-order valence-corrected chi connectivity index (χ0v) is 19.0. The quantitative estimate of drug-likeness (QED) is 0.535. The molecule has 6 heteroatoms. The molecule has 0 aromatic heterocycles. The maximum atomic E-state index is 11.5. The third kappa shape index (κ3) is 5.27. The first kappa shape index (κ1) is 22.7. The van der Waals surface area contributed by atoms with Crippen LogP contribution in [0.1, 0.15) is 47.3 Å². The molecule has 1 fully saturated rings. The predicted molar refractivity (Wildman–Crippen MR) is 125 cm³/mol. The van der Waals surface area contributed by atoms with Crippen LogP contribution >= 0.6 is 0 Å². The standard InChI is InChI=1S/C26H33N3O3/c1-19-15-28(18-24-5-3-4-6-25(24)22-11-13-32-14-12-22)16-20(2)29(19)17-21-7-9-23(10-8-21)26(30)27-31/h3-11,19-20,31H,12-18H2,1-2H3,(H,27,30)/t19-,20+. The number of nitrogens with one attached hydrogen (secondary N) is 1. The number of benzene rings is 2. The van der Waals surface area contributed by atoms with Crippen LogP contribution in [0.2, 0.25) is 0 Å². The van der Waals surface area contributed by atoms with Crippen LogP contribution < -0.4 is 5.48 Å². The van der Waals surface area contributed by atoms with Crippen molar-refractivity contribution in [1.29, 1.82) is 0 Å². The Morgan fingerprint density at radius 3 is 2.44 bits per heavy atom. The van der Waals surface area contributed by atoms with Gasteiger partial charge in [0.05, 0.1) is 13.2 Å². The first-order valence-corrected chi connectivity index (χ1v) is 11.4. The Kier molecular flexibility index (Phi) is 7.37. The van der Waals surface area contributed by atoms with Crippen LogP contribution in [-0.2, 0) is 17.8 Å². The van der Waals surface area contributed by atoms with Crippen LogP contribution in [0.15, 0.2) is 54.6 Å². The Balaban J connectivity index is 1.40. The van der Waals surface area contributed by atoms with E-state index in [0.717, 1.165) is 39.2 Å².